The first kappa shape index (κ1) is 21.7. The largest absolute Gasteiger partial charge is 0.493 e. The van der Waals surface area contributed by atoms with E-state index in [2.05, 4.69) is 19.4 Å². The number of likely N-dealkylation sites (N-methyl/N-ethyl adjacent to an activating group) is 1. The molecule has 152 valence electrons. The summed E-state index contributed by atoms with van der Waals surface area (Å²) in [7, 11) is 3.58. The molecule has 0 amide bonds. The lowest BCUT2D eigenvalue weighted by Gasteiger charge is -2.35. The zero-order chi connectivity index (χ0) is 20.0. The number of ether oxygens (including phenoxy) is 2. The summed E-state index contributed by atoms with van der Waals surface area (Å²) in [6.07, 6.45) is 0. The average Bonchev–Trinajstić information content (AvgIpc) is 2.67. The van der Waals surface area contributed by atoms with E-state index in [1.807, 2.05) is 4.90 Å². The molecule has 0 bridgehead atoms. The molecule has 0 aliphatic carbocycles. The summed E-state index contributed by atoms with van der Waals surface area (Å²) in [6, 6.07) is 4.64. The van der Waals surface area contributed by atoms with Crippen LogP contribution >= 0.6 is 12.2 Å². The molecule has 1 aromatic rings. The van der Waals surface area contributed by atoms with Gasteiger partial charge in [0.2, 0.25) is 10.0 Å². The quantitative estimate of drug-likeness (QED) is 0.553. The number of methoxy groups -OCH3 is 2. The van der Waals surface area contributed by atoms with Gasteiger partial charge in [-0.1, -0.05) is 0 Å². The highest BCUT2D eigenvalue weighted by atomic mass is 32.2. The average molecular weight is 418 g/mol. The highest BCUT2D eigenvalue weighted by Crippen LogP contribution is 2.30. The number of rotatable bonds is 7. The van der Waals surface area contributed by atoms with Gasteiger partial charge in [-0.25, -0.2) is 8.42 Å². The van der Waals surface area contributed by atoms with Gasteiger partial charge < -0.3 is 24.6 Å². The minimum atomic E-state index is -3.59. The van der Waals surface area contributed by atoms with E-state index < -0.39 is 10.0 Å². The third-order valence-electron chi connectivity index (χ3n) is 4.42. The molecule has 0 saturated carbocycles. The first-order valence-electron chi connectivity index (χ1n) is 8.83. The SMILES string of the molecule is COc1ccc(S(=O)(=O)N2CCN(C(=S)NCC[NH+](C)C)CC2)cc1OC. The minimum absolute atomic E-state index is 0.197. The maximum atomic E-state index is 12.9. The van der Waals surface area contributed by atoms with Crippen molar-refractivity contribution in [3.8, 4) is 11.5 Å². The normalized spacial score (nSPS) is 15.7. The molecule has 0 spiro atoms. The second-order valence-corrected chi connectivity index (χ2v) is 8.92. The van der Waals surface area contributed by atoms with E-state index in [0.29, 0.717) is 42.8 Å². The molecule has 0 unspecified atom stereocenters. The van der Waals surface area contributed by atoms with Crippen molar-refractivity contribution in [1.82, 2.24) is 14.5 Å². The molecule has 0 radical (unpaired) electrons. The molecule has 0 atom stereocenters. The number of piperazine rings is 1. The second-order valence-electron chi connectivity index (χ2n) is 6.60. The molecule has 1 heterocycles. The van der Waals surface area contributed by atoms with Gasteiger partial charge in [0, 0.05) is 32.2 Å². The summed E-state index contributed by atoms with van der Waals surface area (Å²) in [5.41, 5.74) is 0. The molecule has 27 heavy (non-hydrogen) atoms. The monoisotopic (exact) mass is 417 g/mol. The predicted molar refractivity (Wildman–Crippen MR) is 108 cm³/mol. The number of quaternary nitrogens is 1. The van der Waals surface area contributed by atoms with Crippen LogP contribution in [0.5, 0.6) is 11.5 Å². The van der Waals surface area contributed by atoms with Gasteiger partial charge in [0.25, 0.3) is 0 Å². The van der Waals surface area contributed by atoms with Crippen molar-refractivity contribution in [2.24, 2.45) is 0 Å². The summed E-state index contributed by atoms with van der Waals surface area (Å²) >= 11 is 5.42. The summed E-state index contributed by atoms with van der Waals surface area (Å²) < 4.78 is 37.8. The molecule has 0 aromatic heterocycles. The lowest BCUT2D eigenvalue weighted by molar-refractivity contribution is -0.856. The van der Waals surface area contributed by atoms with Gasteiger partial charge in [-0.15, -0.1) is 0 Å². The lowest BCUT2D eigenvalue weighted by Crippen LogP contribution is -3.06. The first-order valence-corrected chi connectivity index (χ1v) is 10.7. The number of nitrogens with one attached hydrogen (secondary N) is 2. The summed E-state index contributed by atoms with van der Waals surface area (Å²) in [4.78, 5) is 3.56. The van der Waals surface area contributed by atoms with Gasteiger partial charge in [-0.05, 0) is 24.4 Å². The van der Waals surface area contributed by atoms with Gasteiger partial charge in [-0.3, -0.25) is 0 Å². The fourth-order valence-electron chi connectivity index (χ4n) is 2.79. The summed E-state index contributed by atoms with van der Waals surface area (Å²) in [5.74, 6) is 0.892. The molecular formula is C17H29N4O4S2+. The van der Waals surface area contributed by atoms with Crippen LogP contribution in [0.1, 0.15) is 0 Å². The van der Waals surface area contributed by atoms with Crippen LogP contribution in [0.4, 0.5) is 0 Å². The summed E-state index contributed by atoms with van der Waals surface area (Å²) in [5, 5.41) is 3.91. The fraction of sp³-hybridized carbons (Fsp3) is 0.588. The summed E-state index contributed by atoms with van der Waals surface area (Å²) in [6.45, 7) is 3.66. The fourth-order valence-corrected chi connectivity index (χ4v) is 4.51. The maximum absolute atomic E-state index is 12.9. The van der Waals surface area contributed by atoms with E-state index in [4.69, 9.17) is 21.7 Å². The smallest absolute Gasteiger partial charge is 0.243 e. The van der Waals surface area contributed by atoms with Crippen LogP contribution < -0.4 is 19.7 Å². The number of thiocarbonyl (C=S) groups is 1. The Hall–Kier alpha value is -1.62. The maximum Gasteiger partial charge on any atom is 0.243 e. The molecule has 8 nitrogen and oxygen atoms in total. The zero-order valence-corrected chi connectivity index (χ0v) is 18.0. The standard InChI is InChI=1S/C17H28N4O4S2/c1-19(2)8-7-18-17(26)20-9-11-21(12-10-20)27(22,23)14-5-6-15(24-3)16(13-14)25-4/h5-6,13H,7-12H2,1-4H3,(H,18,26)/p+1. The van der Waals surface area contributed by atoms with Crippen LogP contribution in [-0.2, 0) is 10.0 Å². The zero-order valence-electron chi connectivity index (χ0n) is 16.3. The molecule has 2 rings (SSSR count). The lowest BCUT2D eigenvalue weighted by atomic mass is 10.3. The number of sulfonamides is 1. The van der Waals surface area contributed by atoms with E-state index in [-0.39, 0.29) is 4.90 Å². The van der Waals surface area contributed by atoms with E-state index in [1.54, 1.807) is 12.1 Å². The topological polar surface area (TPSA) is 75.6 Å². The van der Waals surface area contributed by atoms with Crippen LogP contribution in [0.15, 0.2) is 23.1 Å². The number of benzene rings is 1. The van der Waals surface area contributed by atoms with Gasteiger partial charge in [0.1, 0.15) is 0 Å². The highest BCUT2D eigenvalue weighted by Gasteiger charge is 2.30. The minimum Gasteiger partial charge on any atom is -0.493 e. The van der Waals surface area contributed by atoms with Gasteiger partial charge in [0.05, 0.1) is 46.3 Å². The van der Waals surface area contributed by atoms with Gasteiger partial charge in [0.15, 0.2) is 16.6 Å². The molecule has 1 saturated heterocycles. The Morgan fingerprint density at radius 1 is 1.15 bits per heavy atom. The molecular weight excluding hydrogens is 388 g/mol. The van der Waals surface area contributed by atoms with Gasteiger partial charge in [-0.2, -0.15) is 4.31 Å². The van der Waals surface area contributed by atoms with Crippen LogP contribution in [-0.4, -0.2) is 90.3 Å². The molecule has 1 fully saturated rings. The van der Waals surface area contributed by atoms with Crippen molar-refractivity contribution in [2.75, 3.05) is 67.6 Å². The number of hydrogen-bond donors (Lipinski definition) is 2. The van der Waals surface area contributed by atoms with Crippen LogP contribution in [0.3, 0.4) is 0 Å². The van der Waals surface area contributed by atoms with Crippen molar-refractivity contribution in [2.45, 2.75) is 4.90 Å². The van der Waals surface area contributed by atoms with E-state index in [1.165, 1.54) is 29.5 Å². The number of nitrogens with zero attached hydrogens (tertiary/aromatic N) is 2. The number of hydrogen-bond acceptors (Lipinski definition) is 5. The Kier molecular flexibility index (Phi) is 7.66. The Bertz CT molecular complexity index is 747. The Labute approximate surface area is 167 Å². The first-order chi connectivity index (χ1) is 12.8. The Morgan fingerprint density at radius 3 is 2.33 bits per heavy atom. The Morgan fingerprint density at radius 2 is 1.78 bits per heavy atom. The van der Waals surface area contributed by atoms with Crippen molar-refractivity contribution in [3.63, 3.8) is 0 Å². The van der Waals surface area contributed by atoms with Crippen molar-refractivity contribution in [1.29, 1.82) is 0 Å². The van der Waals surface area contributed by atoms with Crippen LogP contribution in [0.25, 0.3) is 0 Å². The second kappa shape index (κ2) is 9.54. The predicted octanol–water partition coefficient (Wildman–Crippen LogP) is -0.971. The third kappa shape index (κ3) is 5.44. The Balaban J connectivity index is 1.99. The van der Waals surface area contributed by atoms with Crippen molar-refractivity contribution >= 4 is 27.4 Å². The van der Waals surface area contributed by atoms with Crippen molar-refractivity contribution < 1.29 is 22.8 Å². The van der Waals surface area contributed by atoms with Gasteiger partial charge >= 0.3 is 0 Å². The highest BCUT2D eigenvalue weighted by molar-refractivity contribution is 7.89. The van der Waals surface area contributed by atoms with Crippen LogP contribution in [0, 0.1) is 0 Å². The van der Waals surface area contributed by atoms with E-state index >= 15 is 0 Å². The molecule has 1 aliphatic heterocycles. The third-order valence-corrected chi connectivity index (χ3v) is 6.72. The van der Waals surface area contributed by atoms with E-state index in [0.717, 1.165) is 13.1 Å². The van der Waals surface area contributed by atoms with Crippen LogP contribution in [0.2, 0.25) is 0 Å². The van der Waals surface area contributed by atoms with E-state index in [9.17, 15) is 8.42 Å². The molecule has 10 heteroatoms. The molecule has 2 N–H and O–H groups in total. The molecule has 1 aliphatic rings. The molecule has 1 aromatic carbocycles. The van der Waals surface area contributed by atoms with Crippen molar-refractivity contribution in [3.05, 3.63) is 18.2 Å².